The van der Waals surface area contributed by atoms with E-state index < -0.39 is 15.3 Å². The Morgan fingerprint density at radius 3 is 2.65 bits per heavy atom. The summed E-state index contributed by atoms with van der Waals surface area (Å²) in [6.07, 6.45) is 2.32. The third kappa shape index (κ3) is 3.52. The first-order valence-electron chi connectivity index (χ1n) is 5.58. The maximum atomic E-state index is 11.9. The van der Waals surface area contributed by atoms with E-state index in [9.17, 15) is 8.42 Å². The lowest BCUT2D eigenvalue weighted by Crippen LogP contribution is -2.38. The third-order valence-corrected chi connectivity index (χ3v) is 4.69. The Hall–Kier alpha value is -0.920. The first-order valence-corrected chi connectivity index (χ1v) is 7.13. The molecule has 1 aromatic rings. The van der Waals surface area contributed by atoms with Crippen LogP contribution < -0.4 is 10.5 Å². The smallest absolute Gasteiger partial charge is 0.216 e. The molecule has 1 heterocycles. The van der Waals surface area contributed by atoms with Gasteiger partial charge in [0.2, 0.25) is 10.0 Å². The number of nitrogens with one attached hydrogen (secondary N) is 1. The molecular weight excluding hydrogens is 240 g/mol. The molecule has 0 spiro atoms. The normalized spacial score (nSPS) is 13.9. The van der Waals surface area contributed by atoms with Crippen molar-refractivity contribution in [2.24, 2.45) is 12.8 Å². The minimum atomic E-state index is -3.34. The van der Waals surface area contributed by atoms with Gasteiger partial charge in [0.1, 0.15) is 0 Å². The zero-order valence-corrected chi connectivity index (χ0v) is 11.3. The van der Waals surface area contributed by atoms with Crippen molar-refractivity contribution in [2.45, 2.75) is 32.1 Å². The first-order chi connectivity index (χ1) is 7.90. The van der Waals surface area contributed by atoms with Crippen LogP contribution in [0.1, 0.15) is 24.6 Å². The molecular formula is C10H20N4O2S. The summed E-state index contributed by atoms with van der Waals surface area (Å²) >= 11 is 0. The van der Waals surface area contributed by atoms with Crippen LogP contribution in [-0.4, -0.2) is 30.0 Å². The highest BCUT2D eigenvalue weighted by Crippen LogP contribution is 2.07. The number of aryl methyl sites for hydroxylation is 2. The summed E-state index contributed by atoms with van der Waals surface area (Å²) in [5.41, 5.74) is 7.14. The van der Waals surface area contributed by atoms with E-state index in [-0.39, 0.29) is 13.1 Å². The maximum absolute atomic E-state index is 11.9. The quantitative estimate of drug-likeness (QED) is 0.746. The van der Waals surface area contributed by atoms with Crippen LogP contribution in [-0.2, 0) is 23.6 Å². The summed E-state index contributed by atoms with van der Waals surface area (Å²) in [6.45, 7) is 4.06. The Bertz CT molecular complexity index is 463. The van der Waals surface area contributed by atoms with Gasteiger partial charge >= 0.3 is 0 Å². The number of sulfonamides is 1. The molecule has 0 aromatic carbocycles. The fourth-order valence-corrected chi connectivity index (χ4v) is 2.92. The molecule has 0 saturated carbocycles. The van der Waals surface area contributed by atoms with Crippen molar-refractivity contribution in [1.82, 2.24) is 14.5 Å². The largest absolute Gasteiger partial charge is 0.329 e. The predicted octanol–water partition coefficient (Wildman–Crippen LogP) is -0.115. The lowest BCUT2D eigenvalue weighted by molar-refractivity contribution is 0.560. The van der Waals surface area contributed by atoms with Crippen LogP contribution in [0.25, 0.3) is 0 Å². The second-order valence-corrected chi connectivity index (χ2v) is 6.09. The molecule has 7 heteroatoms. The van der Waals surface area contributed by atoms with Crippen LogP contribution in [0, 0.1) is 6.92 Å². The fourth-order valence-electron chi connectivity index (χ4n) is 1.63. The summed E-state index contributed by atoms with van der Waals surface area (Å²) in [6, 6.07) is 0. The minimum absolute atomic E-state index is 0.137. The zero-order valence-electron chi connectivity index (χ0n) is 10.5. The van der Waals surface area contributed by atoms with Crippen LogP contribution >= 0.6 is 0 Å². The molecule has 0 fully saturated rings. The molecule has 0 amide bonds. The fraction of sp³-hybridized carbons (Fsp3) is 0.700. The van der Waals surface area contributed by atoms with E-state index in [0.29, 0.717) is 6.42 Å². The molecule has 1 atom stereocenters. The van der Waals surface area contributed by atoms with Crippen LogP contribution in [0.4, 0.5) is 0 Å². The van der Waals surface area contributed by atoms with Gasteiger partial charge in [-0.3, -0.25) is 4.68 Å². The molecule has 1 rings (SSSR count). The number of hydrogen-bond acceptors (Lipinski definition) is 4. The molecule has 0 aliphatic carbocycles. The van der Waals surface area contributed by atoms with Crippen molar-refractivity contribution in [3.8, 4) is 0 Å². The topological polar surface area (TPSA) is 90.0 Å². The molecule has 17 heavy (non-hydrogen) atoms. The Balaban J connectivity index is 2.70. The number of nitrogens with two attached hydrogens (primary N) is 1. The van der Waals surface area contributed by atoms with Crippen molar-refractivity contribution in [2.75, 3.05) is 6.54 Å². The highest BCUT2D eigenvalue weighted by Gasteiger charge is 2.22. The highest BCUT2D eigenvalue weighted by molar-refractivity contribution is 7.90. The van der Waals surface area contributed by atoms with Gasteiger partial charge < -0.3 is 5.73 Å². The molecule has 0 aliphatic rings. The molecule has 3 N–H and O–H groups in total. The Morgan fingerprint density at radius 2 is 2.24 bits per heavy atom. The van der Waals surface area contributed by atoms with Crippen molar-refractivity contribution >= 4 is 10.0 Å². The van der Waals surface area contributed by atoms with Gasteiger partial charge in [0.15, 0.2) is 0 Å². The molecule has 0 aliphatic heterocycles. The van der Waals surface area contributed by atoms with Gasteiger partial charge in [-0.05, 0) is 13.3 Å². The molecule has 0 radical (unpaired) electrons. The van der Waals surface area contributed by atoms with E-state index >= 15 is 0 Å². The molecule has 1 aromatic heterocycles. The average molecular weight is 260 g/mol. The molecule has 0 bridgehead atoms. The van der Waals surface area contributed by atoms with Crippen LogP contribution in [0.2, 0.25) is 0 Å². The Kier molecular flexibility index (Phi) is 4.67. The summed E-state index contributed by atoms with van der Waals surface area (Å²) in [4.78, 5) is 0. The van der Waals surface area contributed by atoms with E-state index in [4.69, 9.17) is 5.73 Å². The van der Waals surface area contributed by atoms with Crippen LogP contribution in [0.15, 0.2) is 6.20 Å². The second kappa shape index (κ2) is 5.61. The SMILES string of the molecule is CCC(CN)S(=O)(=O)NCc1cn(C)nc1C. The number of hydrogen-bond donors (Lipinski definition) is 2. The van der Waals surface area contributed by atoms with Gasteiger partial charge in [-0.2, -0.15) is 5.10 Å². The summed E-state index contributed by atoms with van der Waals surface area (Å²) in [5.74, 6) is 0. The van der Waals surface area contributed by atoms with E-state index in [1.165, 1.54) is 0 Å². The van der Waals surface area contributed by atoms with Gasteiger partial charge in [0, 0.05) is 31.9 Å². The maximum Gasteiger partial charge on any atom is 0.216 e. The Labute approximate surface area is 102 Å². The van der Waals surface area contributed by atoms with Crippen LogP contribution in [0.5, 0.6) is 0 Å². The van der Waals surface area contributed by atoms with E-state index in [1.807, 2.05) is 13.8 Å². The van der Waals surface area contributed by atoms with Gasteiger partial charge in [-0.1, -0.05) is 6.92 Å². The minimum Gasteiger partial charge on any atom is -0.329 e. The van der Waals surface area contributed by atoms with Gasteiger partial charge in [-0.15, -0.1) is 0 Å². The molecule has 0 saturated heterocycles. The number of aromatic nitrogens is 2. The first kappa shape index (κ1) is 14.1. The predicted molar refractivity (Wildman–Crippen MR) is 66.8 cm³/mol. The van der Waals surface area contributed by atoms with Crippen LogP contribution in [0.3, 0.4) is 0 Å². The molecule has 1 unspecified atom stereocenters. The lowest BCUT2D eigenvalue weighted by Gasteiger charge is -2.14. The van der Waals surface area contributed by atoms with E-state index in [1.54, 1.807) is 17.9 Å². The monoisotopic (exact) mass is 260 g/mol. The number of rotatable bonds is 6. The van der Waals surface area contributed by atoms with E-state index in [2.05, 4.69) is 9.82 Å². The van der Waals surface area contributed by atoms with Crippen molar-refractivity contribution in [1.29, 1.82) is 0 Å². The lowest BCUT2D eigenvalue weighted by atomic mass is 10.3. The van der Waals surface area contributed by atoms with Gasteiger partial charge in [0.25, 0.3) is 0 Å². The second-order valence-electron chi connectivity index (χ2n) is 4.05. The molecule has 6 nitrogen and oxygen atoms in total. The summed E-state index contributed by atoms with van der Waals surface area (Å²) in [5, 5.41) is 3.63. The summed E-state index contributed by atoms with van der Waals surface area (Å²) in [7, 11) is -1.53. The zero-order chi connectivity index (χ0) is 13.1. The van der Waals surface area contributed by atoms with Crippen molar-refractivity contribution < 1.29 is 8.42 Å². The number of nitrogens with zero attached hydrogens (tertiary/aromatic N) is 2. The van der Waals surface area contributed by atoms with Crippen molar-refractivity contribution in [3.05, 3.63) is 17.5 Å². The highest BCUT2D eigenvalue weighted by atomic mass is 32.2. The molecule has 98 valence electrons. The van der Waals surface area contributed by atoms with Gasteiger partial charge in [-0.25, -0.2) is 13.1 Å². The van der Waals surface area contributed by atoms with Gasteiger partial charge in [0.05, 0.1) is 10.9 Å². The average Bonchev–Trinajstić information content (AvgIpc) is 2.56. The third-order valence-electron chi connectivity index (χ3n) is 2.74. The van der Waals surface area contributed by atoms with E-state index in [0.717, 1.165) is 11.3 Å². The van der Waals surface area contributed by atoms with Crippen molar-refractivity contribution in [3.63, 3.8) is 0 Å². The summed E-state index contributed by atoms with van der Waals surface area (Å²) < 4.78 is 28.0. The standard InChI is InChI=1S/C10H20N4O2S/c1-4-10(5-11)17(15,16)12-6-9-7-14(3)13-8(9)2/h7,10,12H,4-6,11H2,1-3H3. The Morgan fingerprint density at radius 1 is 1.59 bits per heavy atom.